The second-order valence-electron chi connectivity index (χ2n) is 7.06. The van der Waals surface area contributed by atoms with Crippen molar-refractivity contribution in [2.24, 2.45) is 0 Å². The lowest BCUT2D eigenvalue weighted by molar-refractivity contribution is -0.145. The molecule has 9 nitrogen and oxygen atoms in total. The highest BCUT2D eigenvalue weighted by Gasteiger charge is 2.45. The molecule has 2 heterocycles. The van der Waals surface area contributed by atoms with Gasteiger partial charge in [-0.05, 0) is 31.2 Å². The number of alkyl halides is 3. The quantitative estimate of drug-likeness (QED) is 0.419. The lowest BCUT2D eigenvalue weighted by Crippen LogP contribution is -2.56. The van der Waals surface area contributed by atoms with E-state index < -0.39 is 48.5 Å². The second kappa shape index (κ2) is 10.5. The third-order valence-corrected chi connectivity index (χ3v) is 5.02. The lowest BCUT2D eigenvalue weighted by atomic mass is 10.2. The number of halogens is 5. The van der Waals surface area contributed by atoms with Gasteiger partial charge in [-0.1, -0.05) is 11.6 Å². The molecular formula is C21H20ClF4N3O6. The van der Waals surface area contributed by atoms with Crippen molar-refractivity contribution in [3.05, 3.63) is 53.1 Å². The molecule has 190 valence electrons. The largest absolute Gasteiger partial charge is 0.463 e. The number of ether oxygens (including phenoxy) is 3. The van der Waals surface area contributed by atoms with E-state index in [1.807, 2.05) is 0 Å². The van der Waals surface area contributed by atoms with E-state index in [1.54, 1.807) is 6.92 Å². The van der Waals surface area contributed by atoms with Crippen LogP contribution in [0.2, 0.25) is 5.02 Å². The van der Waals surface area contributed by atoms with Crippen molar-refractivity contribution in [2.75, 3.05) is 25.2 Å². The molecule has 1 aliphatic rings. The van der Waals surface area contributed by atoms with Gasteiger partial charge in [-0.2, -0.15) is 13.2 Å². The average Bonchev–Trinajstić information content (AvgIpc) is 2.78. The van der Waals surface area contributed by atoms with Crippen LogP contribution < -0.4 is 14.4 Å². The molecule has 0 fully saturated rings. The Labute approximate surface area is 201 Å². The van der Waals surface area contributed by atoms with Crippen LogP contribution in [0.3, 0.4) is 0 Å². The van der Waals surface area contributed by atoms with Crippen molar-refractivity contribution in [3.63, 3.8) is 0 Å². The molecule has 2 aromatic rings. The van der Waals surface area contributed by atoms with Gasteiger partial charge in [0.2, 0.25) is 6.35 Å². The highest BCUT2D eigenvalue weighted by molar-refractivity contribution is 6.32. The minimum absolute atomic E-state index is 0.0348. The number of nitrogens with zero attached hydrogens (tertiary/aromatic N) is 3. The van der Waals surface area contributed by atoms with Crippen molar-refractivity contribution >= 4 is 23.3 Å². The Morgan fingerprint density at radius 3 is 2.63 bits per heavy atom. The van der Waals surface area contributed by atoms with E-state index in [0.717, 1.165) is 19.2 Å². The second-order valence-corrected chi connectivity index (χ2v) is 7.47. The van der Waals surface area contributed by atoms with Gasteiger partial charge < -0.3 is 29.3 Å². The molecule has 0 radical (unpaired) electrons. The van der Waals surface area contributed by atoms with Crippen molar-refractivity contribution in [2.45, 2.75) is 25.7 Å². The molecule has 1 aromatic carbocycles. The van der Waals surface area contributed by atoms with Gasteiger partial charge in [-0.15, -0.1) is 0 Å². The number of hydrogen-bond donors (Lipinski definition) is 2. The standard InChI is InChI=1S/C21H20ClF4N3O6/c1-3-33-18(31)10-34-19-14(5-4-6-27-19)35-15-8-13(12(23)7-11(15)22)29-17(30)9-16(21(24,25)26)28(2)20(29)32/h4-9,17,20,30,32H,3,10H2,1-2H3. The zero-order chi connectivity index (χ0) is 25.9. The first-order chi connectivity index (χ1) is 16.4. The molecule has 2 unspecified atom stereocenters. The summed E-state index contributed by atoms with van der Waals surface area (Å²) in [5.41, 5.74) is -1.81. The number of aromatic nitrogens is 1. The molecule has 0 spiro atoms. The molecule has 1 aromatic heterocycles. The molecule has 0 aliphatic carbocycles. The normalized spacial score (nSPS) is 18.3. The monoisotopic (exact) mass is 521 g/mol. The highest BCUT2D eigenvalue weighted by Crippen LogP contribution is 2.41. The van der Waals surface area contributed by atoms with Crippen LogP contribution in [0.15, 0.2) is 42.2 Å². The number of esters is 1. The molecule has 1 aliphatic heterocycles. The first-order valence-electron chi connectivity index (χ1n) is 10.0. The van der Waals surface area contributed by atoms with Crippen molar-refractivity contribution in [1.82, 2.24) is 9.88 Å². The number of aliphatic hydroxyl groups excluding tert-OH is 2. The van der Waals surface area contributed by atoms with E-state index in [4.69, 9.17) is 25.8 Å². The topological polar surface area (TPSA) is 105 Å². The zero-order valence-corrected chi connectivity index (χ0v) is 19.0. The molecule has 0 saturated carbocycles. The predicted octanol–water partition coefficient (Wildman–Crippen LogP) is 3.40. The van der Waals surface area contributed by atoms with Gasteiger partial charge in [-0.25, -0.2) is 14.2 Å². The van der Waals surface area contributed by atoms with Gasteiger partial charge in [-0.3, -0.25) is 4.90 Å². The summed E-state index contributed by atoms with van der Waals surface area (Å²) < 4.78 is 70.0. The van der Waals surface area contributed by atoms with Crippen molar-refractivity contribution in [3.8, 4) is 17.4 Å². The molecule has 0 bridgehead atoms. The smallest absolute Gasteiger partial charge is 0.431 e. The van der Waals surface area contributed by atoms with Crippen LogP contribution in [0.1, 0.15) is 6.92 Å². The number of allylic oxidation sites excluding steroid dienone is 1. The molecule has 35 heavy (non-hydrogen) atoms. The Morgan fingerprint density at radius 2 is 1.97 bits per heavy atom. The van der Waals surface area contributed by atoms with Gasteiger partial charge in [0.05, 0.1) is 17.3 Å². The van der Waals surface area contributed by atoms with E-state index in [1.165, 1.54) is 18.3 Å². The van der Waals surface area contributed by atoms with Crippen LogP contribution >= 0.6 is 11.6 Å². The van der Waals surface area contributed by atoms with Gasteiger partial charge in [0, 0.05) is 19.3 Å². The van der Waals surface area contributed by atoms with Gasteiger partial charge in [0.1, 0.15) is 17.3 Å². The Balaban J connectivity index is 1.93. The molecule has 14 heteroatoms. The fourth-order valence-electron chi connectivity index (χ4n) is 3.15. The van der Waals surface area contributed by atoms with Crippen LogP contribution in [0, 0.1) is 5.82 Å². The van der Waals surface area contributed by atoms with E-state index in [0.29, 0.717) is 15.9 Å². The predicted molar refractivity (Wildman–Crippen MR) is 114 cm³/mol. The summed E-state index contributed by atoms with van der Waals surface area (Å²) in [7, 11) is 0.927. The summed E-state index contributed by atoms with van der Waals surface area (Å²) in [6.45, 7) is 1.29. The third-order valence-electron chi connectivity index (χ3n) is 4.73. The summed E-state index contributed by atoms with van der Waals surface area (Å²) in [6, 6.07) is 4.65. The Bertz CT molecular complexity index is 1120. The number of aliphatic hydroxyl groups is 2. The molecule has 0 saturated heterocycles. The zero-order valence-electron chi connectivity index (χ0n) is 18.3. The molecular weight excluding hydrogens is 502 g/mol. The van der Waals surface area contributed by atoms with Crippen LogP contribution in [0.25, 0.3) is 0 Å². The molecule has 0 amide bonds. The van der Waals surface area contributed by atoms with E-state index in [2.05, 4.69) is 4.98 Å². The molecule has 2 atom stereocenters. The minimum atomic E-state index is -4.87. The number of hydrogen-bond acceptors (Lipinski definition) is 9. The number of carbonyl (C=O) groups excluding carboxylic acids is 1. The third kappa shape index (κ3) is 5.86. The number of carbonyl (C=O) groups is 1. The van der Waals surface area contributed by atoms with E-state index in [-0.39, 0.29) is 29.0 Å². The average molecular weight is 522 g/mol. The fourth-order valence-corrected chi connectivity index (χ4v) is 3.34. The van der Waals surface area contributed by atoms with Crippen molar-refractivity contribution < 1.29 is 46.8 Å². The number of pyridine rings is 1. The SMILES string of the molecule is CCOC(=O)COc1ncccc1Oc1cc(N2C(O)C=C(C(F)(F)F)N(C)C2O)c(F)cc1Cl. The first-order valence-corrected chi connectivity index (χ1v) is 10.4. The maximum absolute atomic E-state index is 14.8. The number of rotatable bonds is 7. The van der Waals surface area contributed by atoms with E-state index >= 15 is 0 Å². The Kier molecular flexibility index (Phi) is 7.93. The summed E-state index contributed by atoms with van der Waals surface area (Å²) in [5.74, 6) is -2.08. The van der Waals surface area contributed by atoms with Crippen LogP contribution in [0.4, 0.5) is 23.2 Å². The fraction of sp³-hybridized carbons (Fsp3) is 0.333. The van der Waals surface area contributed by atoms with Crippen LogP contribution in [-0.4, -0.2) is 65.1 Å². The van der Waals surface area contributed by atoms with Gasteiger partial charge >= 0.3 is 12.1 Å². The summed E-state index contributed by atoms with van der Waals surface area (Å²) >= 11 is 6.08. The summed E-state index contributed by atoms with van der Waals surface area (Å²) in [6.07, 6.45) is -7.22. The summed E-state index contributed by atoms with van der Waals surface area (Å²) in [4.78, 5) is 16.5. The van der Waals surface area contributed by atoms with Crippen LogP contribution in [0.5, 0.6) is 17.4 Å². The Morgan fingerprint density at radius 1 is 1.26 bits per heavy atom. The Hall–Kier alpha value is -3.29. The maximum Gasteiger partial charge on any atom is 0.431 e. The lowest BCUT2D eigenvalue weighted by Gasteiger charge is -2.43. The van der Waals surface area contributed by atoms with Gasteiger partial charge in [0.25, 0.3) is 5.88 Å². The van der Waals surface area contributed by atoms with Gasteiger partial charge in [0.15, 0.2) is 18.6 Å². The van der Waals surface area contributed by atoms with Crippen molar-refractivity contribution in [1.29, 1.82) is 0 Å². The number of benzene rings is 1. The minimum Gasteiger partial charge on any atom is -0.463 e. The highest BCUT2D eigenvalue weighted by atomic mass is 35.5. The summed E-state index contributed by atoms with van der Waals surface area (Å²) in [5, 5.41) is 20.4. The van der Waals surface area contributed by atoms with E-state index in [9.17, 15) is 32.6 Å². The number of anilines is 1. The maximum atomic E-state index is 14.8. The van der Waals surface area contributed by atoms with Crippen LogP contribution in [-0.2, 0) is 9.53 Å². The first kappa shape index (κ1) is 26.3. The molecule has 2 N–H and O–H groups in total. The molecule has 3 rings (SSSR count).